The van der Waals surface area contributed by atoms with E-state index in [1.807, 2.05) is 37.3 Å². The number of methoxy groups -OCH3 is 1. The van der Waals surface area contributed by atoms with Crippen LogP contribution in [0.2, 0.25) is 0 Å². The number of rotatable bonds is 10. The molecule has 26 heavy (non-hydrogen) atoms. The van der Waals surface area contributed by atoms with E-state index in [4.69, 9.17) is 14.2 Å². The van der Waals surface area contributed by atoms with E-state index in [2.05, 4.69) is 12.2 Å². The molecule has 5 nitrogen and oxygen atoms in total. The fraction of sp³-hybridized carbons (Fsp3) is 0.381. The van der Waals surface area contributed by atoms with Crippen LogP contribution in [0.15, 0.2) is 42.5 Å². The molecular formula is C21H27NO4. The maximum atomic E-state index is 12.3. The number of ether oxygens (including phenoxy) is 3. The monoisotopic (exact) mass is 357 g/mol. The summed E-state index contributed by atoms with van der Waals surface area (Å²) in [6.07, 6.45) is 2.08. The van der Waals surface area contributed by atoms with Gasteiger partial charge < -0.3 is 19.5 Å². The average Bonchev–Trinajstić information content (AvgIpc) is 2.67. The van der Waals surface area contributed by atoms with Crippen molar-refractivity contribution in [2.45, 2.75) is 33.2 Å². The predicted octanol–water partition coefficient (Wildman–Crippen LogP) is 4.20. The lowest BCUT2D eigenvalue weighted by Gasteiger charge is -2.12. The van der Waals surface area contributed by atoms with Gasteiger partial charge in [0.2, 0.25) is 0 Å². The van der Waals surface area contributed by atoms with Gasteiger partial charge >= 0.3 is 0 Å². The molecule has 0 aliphatic heterocycles. The van der Waals surface area contributed by atoms with Gasteiger partial charge in [-0.15, -0.1) is 0 Å². The zero-order valence-electron chi connectivity index (χ0n) is 15.7. The topological polar surface area (TPSA) is 56.8 Å². The second-order valence-electron chi connectivity index (χ2n) is 5.83. The van der Waals surface area contributed by atoms with Crippen LogP contribution < -0.4 is 19.5 Å². The van der Waals surface area contributed by atoms with Crippen molar-refractivity contribution in [3.05, 3.63) is 53.6 Å². The fourth-order valence-corrected chi connectivity index (χ4v) is 2.45. The molecule has 2 aromatic carbocycles. The van der Waals surface area contributed by atoms with E-state index < -0.39 is 0 Å². The Morgan fingerprint density at radius 1 is 1.04 bits per heavy atom. The molecule has 2 aromatic rings. The molecule has 0 heterocycles. The van der Waals surface area contributed by atoms with Gasteiger partial charge in [0.05, 0.1) is 20.3 Å². The first-order chi connectivity index (χ1) is 12.7. The molecule has 0 saturated carbocycles. The van der Waals surface area contributed by atoms with Crippen LogP contribution in [-0.2, 0) is 6.54 Å². The number of carbonyl (C=O) groups excluding carboxylic acids is 1. The molecule has 5 heteroatoms. The minimum atomic E-state index is -0.145. The molecule has 0 atom stereocenters. The second-order valence-corrected chi connectivity index (χ2v) is 5.83. The van der Waals surface area contributed by atoms with Crippen molar-refractivity contribution in [2.75, 3.05) is 20.3 Å². The number of nitrogens with one attached hydrogen (secondary N) is 1. The largest absolute Gasteiger partial charge is 0.494 e. The van der Waals surface area contributed by atoms with Gasteiger partial charge in [-0.3, -0.25) is 4.79 Å². The van der Waals surface area contributed by atoms with Crippen molar-refractivity contribution >= 4 is 5.91 Å². The van der Waals surface area contributed by atoms with Crippen LogP contribution in [0.1, 0.15) is 42.6 Å². The summed E-state index contributed by atoms with van der Waals surface area (Å²) in [5.41, 5.74) is 1.52. The molecule has 0 fully saturated rings. The predicted molar refractivity (Wildman–Crippen MR) is 102 cm³/mol. The first kappa shape index (κ1) is 19.6. The molecule has 0 radical (unpaired) electrons. The van der Waals surface area contributed by atoms with Crippen molar-refractivity contribution in [3.8, 4) is 17.2 Å². The molecule has 140 valence electrons. The molecular weight excluding hydrogens is 330 g/mol. The average molecular weight is 357 g/mol. The maximum Gasteiger partial charge on any atom is 0.251 e. The Balaban J connectivity index is 1.98. The summed E-state index contributed by atoms with van der Waals surface area (Å²) in [5.74, 6) is 1.94. The summed E-state index contributed by atoms with van der Waals surface area (Å²) in [7, 11) is 1.61. The van der Waals surface area contributed by atoms with E-state index in [1.165, 1.54) is 0 Å². The van der Waals surface area contributed by atoms with Gasteiger partial charge in [0, 0.05) is 12.1 Å². The molecule has 1 N–H and O–H groups in total. The highest BCUT2D eigenvalue weighted by molar-refractivity contribution is 5.94. The van der Waals surface area contributed by atoms with Gasteiger partial charge in [-0.1, -0.05) is 25.5 Å². The van der Waals surface area contributed by atoms with Gasteiger partial charge in [0.1, 0.15) is 5.75 Å². The summed E-state index contributed by atoms with van der Waals surface area (Å²) in [5, 5.41) is 2.92. The van der Waals surface area contributed by atoms with Crippen LogP contribution in [-0.4, -0.2) is 26.2 Å². The number of carbonyl (C=O) groups is 1. The number of hydrogen-bond acceptors (Lipinski definition) is 4. The first-order valence-electron chi connectivity index (χ1n) is 8.98. The third kappa shape index (κ3) is 5.69. The minimum Gasteiger partial charge on any atom is -0.494 e. The first-order valence-corrected chi connectivity index (χ1v) is 8.98. The lowest BCUT2D eigenvalue weighted by molar-refractivity contribution is 0.0950. The highest BCUT2D eigenvalue weighted by atomic mass is 16.5. The van der Waals surface area contributed by atoms with Gasteiger partial charge in [0.25, 0.3) is 5.91 Å². The number of unbranched alkanes of at least 4 members (excludes halogenated alkanes) is 1. The van der Waals surface area contributed by atoms with Crippen molar-refractivity contribution in [2.24, 2.45) is 0 Å². The smallest absolute Gasteiger partial charge is 0.251 e. The molecule has 0 aliphatic carbocycles. The zero-order chi connectivity index (χ0) is 18.8. The molecule has 0 bridgehead atoms. The van der Waals surface area contributed by atoms with E-state index in [9.17, 15) is 4.79 Å². The minimum absolute atomic E-state index is 0.145. The van der Waals surface area contributed by atoms with Crippen LogP contribution in [0.4, 0.5) is 0 Å². The van der Waals surface area contributed by atoms with Crippen LogP contribution in [0.5, 0.6) is 17.2 Å². The standard InChI is InChI=1S/C21H27NO4/c1-4-6-12-26-19-11-10-16(13-20(19)24-3)15-22-21(23)17-8-7-9-18(14-17)25-5-2/h7-11,13-14H,4-6,12,15H2,1-3H3,(H,22,23). The molecule has 2 rings (SSSR count). The Kier molecular flexibility index (Phi) is 7.80. The highest BCUT2D eigenvalue weighted by Gasteiger charge is 2.09. The Hall–Kier alpha value is -2.69. The van der Waals surface area contributed by atoms with E-state index in [0.29, 0.717) is 36.8 Å². The van der Waals surface area contributed by atoms with E-state index in [-0.39, 0.29) is 5.91 Å². The quantitative estimate of drug-likeness (QED) is 0.648. The summed E-state index contributed by atoms with van der Waals surface area (Å²) in [6.45, 7) is 5.67. The van der Waals surface area contributed by atoms with Gasteiger partial charge in [-0.2, -0.15) is 0 Å². The van der Waals surface area contributed by atoms with Crippen LogP contribution >= 0.6 is 0 Å². The SMILES string of the molecule is CCCCOc1ccc(CNC(=O)c2cccc(OCC)c2)cc1OC. The summed E-state index contributed by atoms with van der Waals surface area (Å²) in [4.78, 5) is 12.3. The Labute approximate surface area is 155 Å². The van der Waals surface area contributed by atoms with Crippen LogP contribution in [0.25, 0.3) is 0 Å². The summed E-state index contributed by atoms with van der Waals surface area (Å²) < 4.78 is 16.6. The Bertz CT molecular complexity index is 715. The second kappa shape index (κ2) is 10.3. The fourth-order valence-electron chi connectivity index (χ4n) is 2.45. The van der Waals surface area contributed by atoms with Crippen LogP contribution in [0.3, 0.4) is 0 Å². The van der Waals surface area contributed by atoms with E-state index in [0.717, 1.165) is 24.2 Å². The third-order valence-corrected chi connectivity index (χ3v) is 3.84. The lowest BCUT2D eigenvalue weighted by atomic mass is 10.1. The van der Waals surface area contributed by atoms with E-state index >= 15 is 0 Å². The van der Waals surface area contributed by atoms with Crippen molar-refractivity contribution in [3.63, 3.8) is 0 Å². The van der Waals surface area contributed by atoms with Crippen molar-refractivity contribution in [1.29, 1.82) is 0 Å². The van der Waals surface area contributed by atoms with Crippen molar-refractivity contribution < 1.29 is 19.0 Å². The maximum absolute atomic E-state index is 12.3. The van der Waals surface area contributed by atoms with E-state index in [1.54, 1.807) is 19.2 Å². The molecule has 1 amide bonds. The van der Waals surface area contributed by atoms with Crippen LogP contribution in [0, 0.1) is 0 Å². The number of benzene rings is 2. The Morgan fingerprint density at radius 3 is 2.62 bits per heavy atom. The molecule has 0 aromatic heterocycles. The highest BCUT2D eigenvalue weighted by Crippen LogP contribution is 2.28. The Morgan fingerprint density at radius 2 is 1.88 bits per heavy atom. The molecule has 0 spiro atoms. The van der Waals surface area contributed by atoms with Gasteiger partial charge in [0.15, 0.2) is 11.5 Å². The third-order valence-electron chi connectivity index (χ3n) is 3.84. The normalized spacial score (nSPS) is 10.3. The summed E-state index contributed by atoms with van der Waals surface area (Å²) in [6, 6.07) is 12.9. The van der Waals surface area contributed by atoms with Gasteiger partial charge in [-0.25, -0.2) is 0 Å². The zero-order valence-corrected chi connectivity index (χ0v) is 15.7. The van der Waals surface area contributed by atoms with Gasteiger partial charge in [-0.05, 0) is 49.2 Å². The summed E-state index contributed by atoms with van der Waals surface area (Å²) >= 11 is 0. The number of hydrogen-bond donors (Lipinski definition) is 1. The lowest BCUT2D eigenvalue weighted by Crippen LogP contribution is -2.22. The van der Waals surface area contributed by atoms with Crippen molar-refractivity contribution in [1.82, 2.24) is 5.32 Å². The molecule has 0 aliphatic rings. The molecule has 0 saturated heterocycles. The molecule has 0 unspecified atom stereocenters. The number of amides is 1.